The molecule has 2 nitrogen and oxygen atoms in total. The van der Waals surface area contributed by atoms with Crippen molar-refractivity contribution >= 4 is 0 Å². The molecule has 2 heteroatoms. The van der Waals surface area contributed by atoms with Gasteiger partial charge in [0.25, 0.3) is 0 Å². The quantitative estimate of drug-likeness (QED) is 0.394. The Bertz CT molecular complexity index is 127. The Hall–Kier alpha value is -0.340. The van der Waals surface area contributed by atoms with Crippen LogP contribution in [0.5, 0.6) is 0 Å². The van der Waals surface area contributed by atoms with E-state index in [4.69, 9.17) is 10.2 Å². The van der Waals surface area contributed by atoms with Crippen LogP contribution in [0, 0.1) is 0 Å². The van der Waals surface area contributed by atoms with Crippen molar-refractivity contribution in [3.8, 4) is 0 Å². The lowest BCUT2D eigenvalue weighted by Gasteiger charge is -2.18. The first-order chi connectivity index (χ1) is 4.71. The first-order valence-electron chi connectivity index (χ1n) is 3.83. The van der Waals surface area contributed by atoms with Gasteiger partial charge in [0.15, 0.2) is 5.79 Å². The van der Waals surface area contributed by atoms with E-state index in [1.807, 2.05) is 6.08 Å². The number of rotatable bonds is 0. The molecule has 58 valence electrons. The Morgan fingerprint density at radius 3 is 2.70 bits per heavy atom. The smallest absolute Gasteiger partial charge is 0.182 e. The van der Waals surface area contributed by atoms with E-state index in [-0.39, 0.29) is 0 Å². The molecule has 0 atom stereocenters. The minimum Gasteiger partial charge on any atom is -0.362 e. The molecule has 1 aliphatic carbocycles. The van der Waals surface area contributed by atoms with Crippen LogP contribution in [0.1, 0.15) is 32.1 Å². The maximum atomic E-state index is 9.15. The Morgan fingerprint density at radius 2 is 1.90 bits per heavy atom. The highest BCUT2D eigenvalue weighted by molar-refractivity contribution is 4.94. The van der Waals surface area contributed by atoms with Crippen LogP contribution in [0.4, 0.5) is 0 Å². The number of hydrogen-bond acceptors (Lipinski definition) is 2. The number of hydrogen-bond donors (Lipinski definition) is 2. The van der Waals surface area contributed by atoms with Gasteiger partial charge in [-0.25, -0.2) is 0 Å². The van der Waals surface area contributed by atoms with Gasteiger partial charge in [-0.05, 0) is 25.3 Å². The molecule has 0 aromatic rings. The van der Waals surface area contributed by atoms with Gasteiger partial charge >= 0.3 is 0 Å². The highest BCUT2D eigenvalue weighted by atomic mass is 16.5. The van der Waals surface area contributed by atoms with Crippen LogP contribution >= 0.6 is 0 Å². The van der Waals surface area contributed by atoms with E-state index >= 15 is 0 Å². The highest BCUT2D eigenvalue weighted by Gasteiger charge is 2.18. The Kier molecular flexibility index (Phi) is 2.46. The van der Waals surface area contributed by atoms with E-state index in [9.17, 15) is 0 Å². The van der Waals surface area contributed by atoms with Gasteiger partial charge in [-0.15, -0.1) is 0 Å². The van der Waals surface area contributed by atoms with Gasteiger partial charge < -0.3 is 10.2 Å². The van der Waals surface area contributed by atoms with Gasteiger partial charge in [-0.1, -0.05) is 12.5 Å². The van der Waals surface area contributed by atoms with Crippen LogP contribution in [0.25, 0.3) is 0 Å². The molecule has 1 aliphatic rings. The zero-order valence-electron chi connectivity index (χ0n) is 6.08. The van der Waals surface area contributed by atoms with E-state index in [1.54, 1.807) is 0 Å². The molecule has 0 fully saturated rings. The molecule has 0 heterocycles. The van der Waals surface area contributed by atoms with Crippen molar-refractivity contribution in [1.29, 1.82) is 0 Å². The zero-order valence-corrected chi connectivity index (χ0v) is 6.08. The third kappa shape index (κ3) is 2.50. The van der Waals surface area contributed by atoms with Crippen molar-refractivity contribution in [3.05, 3.63) is 12.2 Å². The molecule has 0 aromatic carbocycles. The van der Waals surface area contributed by atoms with Crippen LogP contribution in [-0.2, 0) is 0 Å². The summed E-state index contributed by atoms with van der Waals surface area (Å²) in [5.41, 5.74) is 0. The maximum Gasteiger partial charge on any atom is 0.182 e. The van der Waals surface area contributed by atoms with Crippen molar-refractivity contribution in [2.45, 2.75) is 37.9 Å². The van der Waals surface area contributed by atoms with Gasteiger partial charge in [0.2, 0.25) is 0 Å². The van der Waals surface area contributed by atoms with Crippen LogP contribution in [-0.4, -0.2) is 16.0 Å². The lowest BCUT2D eigenvalue weighted by molar-refractivity contribution is -0.124. The van der Waals surface area contributed by atoms with Gasteiger partial charge in [-0.2, -0.15) is 0 Å². The fourth-order valence-electron chi connectivity index (χ4n) is 1.18. The lowest BCUT2D eigenvalue weighted by Crippen LogP contribution is -2.25. The van der Waals surface area contributed by atoms with Gasteiger partial charge in [-0.3, -0.25) is 0 Å². The molecular weight excluding hydrogens is 128 g/mol. The standard InChI is InChI=1S/C8H14O2/c9-8(10)6-4-2-1-3-5-7-8/h4,6,9-10H,1-3,5,7H2/b6-4-. The van der Waals surface area contributed by atoms with Crippen LogP contribution in [0.3, 0.4) is 0 Å². The van der Waals surface area contributed by atoms with Gasteiger partial charge in [0, 0.05) is 6.42 Å². The minimum atomic E-state index is -1.53. The first kappa shape index (κ1) is 7.76. The normalized spacial score (nSPS) is 28.6. The van der Waals surface area contributed by atoms with Crippen LogP contribution < -0.4 is 0 Å². The second-order valence-corrected chi connectivity index (χ2v) is 2.88. The maximum absolute atomic E-state index is 9.15. The molecule has 0 saturated carbocycles. The SMILES string of the molecule is OC1(O)/C=C\CCCCC1. The first-order valence-corrected chi connectivity index (χ1v) is 3.83. The van der Waals surface area contributed by atoms with Gasteiger partial charge in [0.1, 0.15) is 0 Å². The van der Waals surface area contributed by atoms with Crippen LogP contribution in [0.15, 0.2) is 12.2 Å². The Labute approximate surface area is 61.2 Å². The van der Waals surface area contributed by atoms with Crippen molar-refractivity contribution in [1.82, 2.24) is 0 Å². The summed E-state index contributed by atoms with van der Waals surface area (Å²) in [4.78, 5) is 0. The molecular formula is C8H14O2. The third-order valence-corrected chi connectivity index (χ3v) is 1.80. The minimum absolute atomic E-state index is 0.476. The zero-order chi connectivity index (χ0) is 7.45. The molecule has 2 N–H and O–H groups in total. The Morgan fingerprint density at radius 1 is 1.10 bits per heavy atom. The van der Waals surface area contributed by atoms with E-state index < -0.39 is 5.79 Å². The molecule has 1 rings (SSSR count). The van der Waals surface area contributed by atoms with E-state index in [2.05, 4.69) is 0 Å². The third-order valence-electron chi connectivity index (χ3n) is 1.80. The molecule has 0 saturated heterocycles. The van der Waals surface area contributed by atoms with Gasteiger partial charge in [0.05, 0.1) is 0 Å². The second kappa shape index (κ2) is 3.17. The van der Waals surface area contributed by atoms with Crippen molar-refractivity contribution in [2.75, 3.05) is 0 Å². The molecule has 0 aliphatic heterocycles. The number of aliphatic hydroxyl groups is 2. The van der Waals surface area contributed by atoms with Crippen molar-refractivity contribution < 1.29 is 10.2 Å². The fraction of sp³-hybridized carbons (Fsp3) is 0.750. The molecule has 0 unspecified atom stereocenters. The fourth-order valence-corrected chi connectivity index (χ4v) is 1.18. The van der Waals surface area contributed by atoms with Crippen molar-refractivity contribution in [3.63, 3.8) is 0 Å². The summed E-state index contributed by atoms with van der Waals surface area (Å²) in [7, 11) is 0. The van der Waals surface area contributed by atoms with E-state index in [0.29, 0.717) is 6.42 Å². The molecule has 0 radical (unpaired) electrons. The monoisotopic (exact) mass is 142 g/mol. The summed E-state index contributed by atoms with van der Waals surface area (Å²) in [6.07, 6.45) is 7.98. The summed E-state index contributed by atoms with van der Waals surface area (Å²) >= 11 is 0. The topological polar surface area (TPSA) is 40.5 Å². The summed E-state index contributed by atoms with van der Waals surface area (Å²) < 4.78 is 0. The molecule has 10 heavy (non-hydrogen) atoms. The Balaban J connectivity index is 2.49. The average Bonchev–Trinajstić information content (AvgIpc) is 1.81. The summed E-state index contributed by atoms with van der Waals surface area (Å²) in [6, 6.07) is 0. The lowest BCUT2D eigenvalue weighted by atomic mass is 10.0. The average molecular weight is 142 g/mol. The predicted octanol–water partition coefficient (Wildman–Crippen LogP) is 1.19. The summed E-state index contributed by atoms with van der Waals surface area (Å²) in [5, 5.41) is 18.3. The van der Waals surface area contributed by atoms with E-state index in [1.165, 1.54) is 12.5 Å². The second-order valence-electron chi connectivity index (χ2n) is 2.88. The van der Waals surface area contributed by atoms with Crippen molar-refractivity contribution in [2.24, 2.45) is 0 Å². The largest absolute Gasteiger partial charge is 0.362 e. The summed E-state index contributed by atoms with van der Waals surface area (Å²) in [5.74, 6) is -1.53. The molecule has 0 bridgehead atoms. The summed E-state index contributed by atoms with van der Waals surface area (Å²) in [6.45, 7) is 0. The number of allylic oxidation sites excluding steroid dienone is 1. The van der Waals surface area contributed by atoms with Crippen LogP contribution in [0.2, 0.25) is 0 Å². The highest BCUT2D eigenvalue weighted by Crippen LogP contribution is 2.17. The molecule has 0 amide bonds. The molecule has 0 spiro atoms. The predicted molar refractivity (Wildman–Crippen MR) is 39.4 cm³/mol. The van der Waals surface area contributed by atoms with E-state index in [0.717, 1.165) is 19.3 Å². The molecule has 0 aromatic heterocycles.